The number of fused-ring (bicyclic) bond motifs is 4. The fraction of sp³-hybridized carbons (Fsp3) is 0.511. The van der Waals surface area contributed by atoms with Gasteiger partial charge in [0, 0.05) is 125 Å². The van der Waals surface area contributed by atoms with Crippen molar-refractivity contribution in [2.75, 3.05) is 65.4 Å². The first kappa shape index (κ1) is 105. The number of carboxylic acid groups (broad SMARTS) is 1. The van der Waals surface area contributed by atoms with E-state index in [4.69, 9.17) is 22.6 Å². The van der Waals surface area contributed by atoms with E-state index in [1.54, 1.807) is 60.9 Å². The first-order valence-electron chi connectivity index (χ1n) is 45.2. The lowest BCUT2D eigenvalue weighted by molar-refractivity contribution is -0.149. The number of aromatic hydroxyl groups is 1. The van der Waals surface area contributed by atoms with Crippen molar-refractivity contribution in [2.45, 2.75) is 227 Å². The van der Waals surface area contributed by atoms with Crippen molar-refractivity contribution >= 4 is 146 Å². The van der Waals surface area contributed by atoms with Crippen LogP contribution in [0.1, 0.15) is 139 Å². The van der Waals surface area contributed by atoms with Crippen molar-refractivity contribution in [3.8, 4) is 5.75 Å². The molecule has 3 aliphatic heterocycles. The number of hydrogen-bond acceptors (Lipinski definition) is 23. The van der Waals surface area contributed by atoms with Gasteiger partial charge in [0.15, 0.2) is 5.96 Å². The van der Waals surface area contributed by atoms with Crippen LogP contribution in [0, 0.1) is 5.41 Å². The van der Waals surface area contributed by atoms with Crippen LogP contribution in [-0.4, -0.2) is 322 Å². The van der Waals surface area contributed by atoms with Crippen molar-refractivity contribution in [2.24, 2.45) is 17.2 Å². The van der Waals surface area contributed by atoms with Gasteiger partial charge in [0.05, 0.1) is 31.7 Å². The molecule has 3 fully saturated rings. The predicted molar refractivity (Wildman–Crippen MR) is 496 cm³/mol. The Balaban J connectivity index is 1.10. The molecule has 24 N–H and O–H groups in total. The molecule has 0 unspecified atom stereocenters. The second-order valence-corrected chi connectivity index (χ2v) is 35.1. The van der Waals surface area contributed by atoms with Gasteiger partial charge in [-0.1, -0.05) is 88.1 Å². The summed E-state index contributed by atoms with van der Waals surface area (Å²) >= 11 is 0.751. The zero-order valence-corrected chi connectivity index (χ0v) is 77.5. The minimum atomic E-state index is -1.90. The largest absolute Gasteiger partial charge is 0.508 e. The maximum Gasteiger partial charge on any atom is 0.303 e. The molecule has 0 bridgehead atoms. The molecule has 0 saturated carbocycles. The number of benzene rings is 3. The van der Waals surface area contributed by atoms with Gasteiger partial charge in [-0.15, -0.1) is 11.8 Å². The topological polar surface area (TPSA) is 679 Å². The number of nitrogens with zero attached hydrogens (tertiary/aromatic N) is 6. The highest BCUT2D eigenvalue weighted by Crippen LogP contribution is 2.28. The molecular weight excluding hydrogens is 1790 g/mol. The van der Waals surface area contributed by atoms with Crippen LogP contribution in [0.4, 0.5) is 0 Å². The Morgan fingerprint density at radius 1 is 0.515 bits per heavy atom. The number of rotatable bonds is 27. The maximum atomic E-state index is 15.7. The van der Waals surface area contributed by atoms with E-state index in [1.807, 2.05) is 13.8 Å². The fourth-order valence-electron chi connectivity index (χ4n) is 16.6. The third-order valence-electron chi connectivity index (χ3n) is 24.2. The third kappa shape index (κ3) is 29.4. The molecule has 3 aliphatic rings. The number of imidazole rings is 1. The van der Waals surface area contributed by atoms with E-state index in [9.17, 15) is 63.3 Å². The van der Waals surface area contributed by atoms with Crippen LogP contribution in [0.2, 0.25) is 0 Å². The van der Waals surface area contributed by atoms with E-state index in [-0.39, 0.29) is 108 Å². The van der Waals surface area contributed by atoms with Crippen LogP contribution in [0.5, 0.6) is 5.75 Å². The van der Waals surface area contributed by atoms with E-state index in [2.05, 4.69) is 78.4 Å². The van der Waals surface area contributed by atoms with Crippen molar-refractivity contribution in [1.29, 1.82) is 5.41 Å². The summed E-state index contributed by atoms with van der Waals surface area (Å²) in [6.45, 7) is 2.74. The number of nitrogens with two attached hydrogens (primary N) is 3. The van der Waals surface area contributed by atoms with E-state index >= 15 is 38.4 Å². The first-order valence-corrected chi connectivity index (χ1v) is 46.4. The number of para-hydroxylation sites is 2. The Hall–Kier alpha value is -14.2. The second kappa shape index (κ2) is 50.8. The number of aliphatic hydroxyl groups is 1. The van der Waals surface area contributed by atoms with Crippen molar-refractivity contribution in [1.82, 2.24) is 103 Å². The molecule has 0 radical (unpaired) electrons. The number of guanidine groups is 1. The molecule has 136 heavy (non-hydrogen) atoms. The predicted octanol–water partition coefficient (Wildman–Crippen LogP) is -3.08. The molecule has 3 aromatic heterocycles. The lowest BCUT2D eigenvalue weighted by Crippen LogP contribution is -2.62. The van der Waals surface area contributed by atoms with E-state index in [0.29, 0.717) is 64.2 Å². The Kier molecular flexibility index (Phi) is 39.4. The Morgan fingerprint density at radius 2 is 1.02 bits per heavy atom. The van der Waals surface area contributed by atoms with E-state index < -0.39 is 241 Å². The van der Waals surface area contributed by atoms with Crippen LogP contribution in [-0.2, 0) is 112 Å². The molecule has 0 aliphatic carbocycles. The summed E-state index contributed by atoms with van der Waals surface area (Å²) in [4.78, 5) is 281. The number of carbonyl (C=O) groups excluding carboxylic acids is 17. The highest BCUT2D eigenvalue weighted by Gasteiger charge is 2.46. The van der Waals surface area contributed by atoms with Gasteiger partial charge < -0.3 is 130 Å². The number of aliphatic carboxylic acids is 1. The standard InChI is InChI=1S/C90H124N24O21S/c1-7-9-23-68-82(128)102-59(22-15-33-96-90(93)94)78(124)109-67(77(123)99-44-73(92)118)46-136-47-74(119)101-63(36-50-27-29-54(116)30-28-50)85(131)110(4)49(3)76(122)106-65(40-72(91)117)88(134)114-35-17-26-70(114)84(130)105-62(39-53-43-95-48-100-53)80(126)103-60(31-32-75(120)121)87(133)113-34-16-25-69(113)83(129)104-61(37-51-41-97-57-20-13-11-18-55(51)57)79(125)108-66(45-115)81(127)107-64(38-52-42-98-58-21-14-12-19-56(52)58)86(132)112(6)71(24-10-8-2)89(135)111(68)5/h11-14,18-21,27-30,41-43,48-49,59-71,97-98,115-116H,7-10,15-17,22-26,31-40,44-47H2,1-6H3,(H2,91,117)(H2,92,118)(H,95,100)(H,99,123)(H,101,119)(H,102,128)(H,103,126)(H,104,129)(H,105,130)(H,106,122)(H,107,127)(H,108,125)(H,109,124)(H,120,121)(H4,93,94,96)/t49-,59-,60-,61-,62-,63-,64-,65-,66-,67-,68-,69-,70-,71-/m0/s1. The normalized spacial score (nSPS) is 24.0. The molecule has 3 saturated heterocycles. The van der Waals surface area contributed by atoms with Gasteiger partial charge in [-0.25, -0.2) is 4.98 Å². The molecule has 9 rings (SSSR count). The molecule has 46 heteroatoms. The highest BCUT2D eigenvalue weighted by atomic mass is 32.2. The molecule has 736 valence electrons. The van der Waals surface area contributed by atoms with E-state index in [1.165, 1.54) is 64.9 Å². The minimum absolute atomic E-state index is 0.0193. The summed E-state index contributed by atoms with van der Waals surface area (Å²) in [5.41, 5.74) is 19.6. The molecule has 3 aromatic carbocycles. The van der Waals surface area contributed by atoms with Gasteiger partial charge >= 0.3 is 5.97 Å². The quantitative estimate of drug-likeness (QED) is 0.0138. The molecule has 45 nitrogen and oxygen atoms in total. The monoisotopic (exact) mass is 1910 g/mol. The van der Waals surface area contributed by atoms with Gasteiger partial charge in [0.1, 0.15) is 90.3 Å². The Labute approximate surface area is 787 Å². The average molecular weight is 1910 g/mol. The van der Waals surface area contributed by atoms with Crippen LogP contribution in [0.3, 0.4) is 0 Å². The number of carbonyl (C=O) groups is 18. The van der Waals surface area contributed by atoms with Crippen LogP contribution >= 0.6 is 11.8 Å². The number of nitrogens with one attached hydrogen (secondary N) is 15. The van der Waals surface area contributed by atoms with Crippen molar-refractivity contribution in [3.05, 3.63) is 120 Å². The summed E-state index contributed by atoms with van der Waals surface area (Å²) in [5.74, 6) is -19.5. The SMILES string of the molecule is CCCC[C@H]1C(=O)N(C)[C@@H](CCCC)C(=O)N[C@@H](CCCNC(=N)N)C(=O)N[C@H](C(=O)NCC(N)=O)CSCC(=O)N[C@@H](Cc2ccc(O)cc2)C(=O)N(C)[C@@H](C)C(=O)N[C@@H](CC(N)=O)C(=O)N2CCC[C@H]2C(=O)N[C@@H](Cc2cnc[nH]2)C(=O)N[C@@H](CCC(=O)O)C(=O)N2CCC[C@H]2C(=O)N[C@@H](Cc2c[nH]c3ccccc23)C(=O)N[C@@H](CO)C(=O)N[C@@H](Cc2c[nH]c3ccccc23)C(=O)N1C. The summed E-state index contributed by atoms with van der Waals surface area (Å²) in [7, 11) is 3.87. The fourth-order valence-corrected chi connectivity index (χ4v) is 17.5. The summed E-state index contributed by atoms with van der Waals surface area (Å²) < 4.78 is 0. The number of aliphatic hydroxyl groups excluding tert-OH is 1. The number of likely N-dealkylation sites (N-methyl/N-ethyl adjacent to an activating group) is 3. The summed E-state index contributed by atoms with van der Waals surface area (Å²) in [5, 5.41) is 69.4. The zero-order chi connectivity index (χ0) is 99.1. The number of primary amides is 2. The summed E-state index contributed by atoms with van der Waals surface area (Å²) in [6, 6.07) is -2.72. The molecule has 14 atom stereocenters. The van der Waals surface area contributed by atoms with Gasteiger partial charge in [-0.3, -0.25) is 91.7 Å². The second-order valence-electron chi connectivity index (χ2n) is 34.1. The first-order chi connectivity index (χ1) is 64.9. The lowest BCUT2D eigenvalue weighted by Gasteiger charge is -2.36. The average Bonchev–Trinajstić information content (AvgIpc) is 1.67. The molecule has 6 aromatic rings. The number of thioether (sulfide) groups is 1. The number of unbranched alkanes of at least 4 members (excludes halogenated alkanes) is 2. The number of aromatic amines is 3. The molecule has 17 amide bonds. The zero-order valence-electron chi connectivity index (χ0n) is 76.7. The van der Waals surface area contributed by atoms with Gasteiger partial charge in [-0.2, -0.15) is 0 Å². The molecular formula is C90H124N24O21S. The smallest absolute Gasteiger partial charge is 0.303 e. The number of carboxylic acids is 1. The molecule has 6 heterocycles. The number of aromatic nitrogens is 4. The number of H-pyrrole nitrogens is 3. The number of phenolic OH excluding ortho intramolecular Hbond substituents is 1. The lowest BCUT2D eigenvalue weighted by atomic mass is 10.00. The van der Waals surface area contributed by atoms with Crippen LogP contribution in [0.25, 0.3) is 21.8 Å². The minimum Gasteiger partial charge on any atom is -0.508 e. The van der Waals surface area contributed by atoms with Gasteiger partial charge in [0.2, 0.25) is 100 Å². The van der Waals surface area contributed by atoms with Gasteiger partial charge in [0.25, 0.3) is 0 Å². The number of phenols is 1. The highest BCUT2D eigenvalue weighted by molar-refractivity contribution is 8.00. The van der Waals surface area contributed by atoms with Crippen LogP contribution in [0.15, 0.2) is 97.7 Å². The Morgan fingerprint density at radius 3 is 1.58 bits per heavy atom. The molecule has 0 spiro atoms. The summed E-state index contributed by atoms with van der Waals surface area (Å²) in [6.07, 6.45) is 3.95. The number of amides is 17. The van der Waals surface area contributed by atoms with E-state index in [0.717, 1.165) is 36.3 Å². The van der Waals surface area contributed by atoms with Crippen LogP contribution < -0.4 is 75.7 Å². The maximum absolute atomic E-state index is 15.7. The Bertz CT molecular complexity index is 5280. The number of hydrogen-bond donors (Lipinski definition) is 21. The van der Waals surface area contributed by atoms with Crippen molar-refractivity contribution < 1.29 is 102 Å². The van der Waals surface area contributed by atoms with Crippen molar-refractivity contribution in [3.63, 3.8) is 0 Å². The third-order valence-corrected chi connectivity index (χ3v) is 25.3. The van der Waals surface area contributed by atoms with Gasteiger partial charge in [-0.05, 0) is 106 Å².